The lowest BCUT2D eigenvalue weighted by molar-refractivity contribution is 0.172. The third-order valence-electron chi connectivity index (χ3n) is 4.74. The molecule has 0 aromatic heterocycles. The summed E-state index contributed by atoms with van der Waals surface area (Å²) in [5.74, 6) is 0.878. The van der Waals surface area contributed by atoms with Gasteiger partial charge < -0.3 is 16.0 Å². The van der Waals surface area contributed by atoms with Crippen LogP contribution >= 0.6 is 0 Å². The van der Waals surface area contributed by atoms with Crippen molar-refractivity contribution in [1.82, 2.24) is 10.2 Å². The van der Waals surface area contributed by atoms with Crippen molar-refractivity contribution in [3.05, 3.63) is 0 Å². The van der Waals surface area contributed by atoms with Gasteiger partial charge in [-0.25, -0.2) is 0 Å². The predicted molar refractivity (Wildman–Crippen MR) is 79.8 cm³/mol. The van der Waals surface area contributed by atoms with Gasteiger partial charge in [0.15, 0.2) is 0 Å². The summed E-state index contributed by atoms with van der Waals surface area (Å²) < 4.78 is 0. The molecular formula is C15H33N3. The molecule has 0 bridgehead atoms. The van der Waals surface area contributed by atoms with E-state index in [4.69, 9.17) is 5.73 Å². The topological polar surface area (TPSA) is 41.3 Å². The Morgan fingerprint density at radius 2 is 2.00 bits per heavy atom. The summed E-state index contributed by atoms with van der Waals surface area (Å²) in [6.45, 7) is 12.1. The second-order valence-electron chi connectivity index (χ2n) is 5.81. The molecule has 2 atom stereocenters. The van der Waals surface area contributed by atoms with E-state index in [0.717, 1.165) is 38.6 Å². The van der Waals surface area contributed by atoms with Crippen LogP contribution in [0.2, 0.25) is 0 Å². The van der Waals surface area contributed by atoms with Crippen molar-refractivity contribution in [2.75, 3.05) is 32.7 Å². The van der Waals surface area contributed by atoms with Gasteiger partial charge >= 0.3 is 0 Å². The van der Waals surface area contributed by atoms with Crippen LogP contribution in [-0.2, 0) is 0 Å². The Kier molecular flexibility index (Phi) is 7.20. The van der Waals surface area contributed by atoms with E-state index in [1.54, 1.807) is 0 Å². The van der Waals surface area contributed by atoms with Gasteiger partial charge in [0.1, 0.15) is 0 Å². The fraction of sp³-hybridized carbons (Fsp3) is 1.00. The van der Waals surface area contributed by atoms with Crippen molar-refractivity contribution < 1.29 is 0 Å². The van der Waals surface area contributed by atoms with E-state index in [0.29, 0.717) is 0 Å². The molecule has 0 aromatic carbocycles. The van der Waals surface area contributed by atoms with Crippen LogP contribution in [0.5, 0.6) is 0 Å². The third-order valence-corrected chi connectivity index (χ3v) is 4.74. The smallest absolute Gasteiger partial charge is 0.0307 e. The number of nitrogens with two attached hydrogens (primary N) is 1. The van der Waals surface area contributed by atoms with Gasteiger partial charge in [-0.15, -0.1) is 0 Å². The molecule has 3 nitrogen and oxygen atoms in total. The highest BCUT2D eigenvalue weighted by atomic mass is 15.1. The second kappa shape index (κ2) is 8.13. The van der Waals surface area contributed by atoms with E-state index in [9.17, 15) is 0 Å². The van der Waals surface area contributed by atoms with Crippen molar-refractivity contribution in [2.45, 2.75) is 58.4 Å². The van der Waals surface area contributed by atoms with Gasteiger partial charge in [-0.1, -0.05) is 40.0 Å². The average molecular weight is 255 g/mol. The minimum Gasteiger partial charge on any atom is -0.329 e. The van der Waals surface area contributed by atoms with E-state index in [1.807, 2.05) is 0 Å². The van der Waals surface area contributed by atoms with E-state index < -0.39 is 0 Å². The number of rotatable bonds is 8. The highest BCUT2D eigenvalue weighted by Crippen LogP contribution is 2.33. The first-order valence-corrected chi connectivity index (χ1v) is 7.87. The molecule has 1 fully saturated rings. The molecule has 2 unspecified atom stereocenters. The van der Waals surface area contributed by atoms with Gasteiger partial charge in [0.05, 0.1) is 0 Å². The van der Waals surface area contributed by atoms with Crippen molar-refractivity contribution in [3.63, 3.8) is 0 Å². The molecule has 0 aromatic rings. The van der Waals surface area contributed by atoms with E-state index >= 15 is 0 Å². The SMILES string of the molecule is CCC1CCCC(CN)(NCCN(CC)CC)C1. The number of nitrogens with one attached hydrogen (secondary N) is 1. The fourth-order valence-electron chi connectivity index (χ4n) is 3.27. The fourth-order valence-corrected chi connectivity index (χ4v) is 3.27. The third kappa shape index (κ3) is 4.52. The molecule has 108 valence electrons. The van der Waals surface area contributed by atoms with Gasteiger partial charge in [-0.3, -0.25) is 0 Å². The highest BCUT2D eigenvalue weighted by Gasteiger charge is 2.33. The van der Waals surface area contributed by atoms with Gasteiger partial charge in [-0.05, 0) is 31.8 Å². The Morgan fingerprint density at radius 3 is 2.56 bits per heavy atom. The minimum absolute atomic E-state index is 0.228. The molecular weight excluding hydrogens is 222 g/mol. The number of hydrogen-bond donors (Lipinski definition) is 2. The lowest BCUT2D eigenvalue weighted by atomic mass is 9.74. The lowest BCUT2D eigenvalue weighted by Crippen LogP contribution is -2.55. The first-order chi connectivity index (χ1) is 8.69. The second-order valence-corrected chi connectivity index (χ2v) is 5.81. The molecule has 1 saturated carbocycles. The molecule has 18 heavy (non-hydrogen) atoms. The average Bonchev–Trinajstić information content (AvgIpc) is 2.44. The van der Waals surface area contributed by atoms with Crippen molar-refractivity contribution >= 4 is 0 Å². The standard InChI is InChI=1S/C15H33N3/c1-4-14-8-7-9-15(12-14,13-16)17-10-11-18(5-2)6-3/h14,17H,4-13,16H2,1-3H3. The monoisotopic (exact) mass is 255 g/mol. The van der Waals surface area contributed by atoms with Crippen LogP contribution in [0.3, 0.4) is 0 Å². The number of nitrogens with zero attached hydrogens (tertiary/aromatic N) is 1. The van der Waals surface area contributed by atoms with Gasteiger partial charge in [0.25, 0.3) is 0 Å². The quantitative estimate of drug-likeness (QED) is 0.699. The van der Waals surface area contributed by atoms with Crippen molar-refractivity contribution in [2.24, 2.45) is 11.7 Å². The summed E-state index contributed by atoms with van der Waals surface area (Å²) in [4.78, 5) is 2.47. The van der Waals surface area contributed by atoms with E-state index in [-0.39, 0.29) is 5.54 Å². The zero-order chi connectivity index (χ0) is 13.4. The maximum atomic E-state index is 6.06. The molecule has 0 heterocycles. The van der Waals surface area contributed by atoms with Crippen LogP contribution in [-0.4, -0.2) is 43.2 Å². The maximum Gasteiger partial charge on any atom is 0.0307 e. The highest BCUT2D eigenvalue weighted by molar-refractivity contribution is 4.94. The Morgan fingerprint density at radius 1 is 1.28 bits per heavy atom. The summed E-state index contributed by atoms with van der Waals surface area (Å²) in [7, 11) is 0. The van der Waals surface area contributed by atoms with Gasteiger partial charge in [-0.2, -0.15) is 0 Å². The number of likely N-dealkylation sites (N-methyl/N-ethyl adjacent to an activating group) is 1. The Hall–Kier alpha value is -0.120. The molecule has 0 saturated heterocycles. The first kappa shape index (κ1) is 15.9. The summed E-state index contributed by atoms with van der Waals surface area (Å²) in [6, 6.07) is 0. The Bertz CT molecular complexity index is 216. The maximum absolute atomic E-state index is 6.06. The molecule has 0 spiro atoms. The van der Waals surface area contributed by atoms with Crippen LogP contribution in [0, 0.1) is 5.92 Å². The summed E-state index contributed by atoms with van der Waals surface area (Å²) in [5, 5.41) is 3.78. The normalized spacial score (nSPS) is 28.8. The Balaban J connectivity index is 2.40. The minimum atomic E-state index is 0.228. The zero-order valence-electron chi connectivity index (χ0n) is 12.7. The molecule has 0 amide bonds. The largest absolute Gasteiger partial charge is 0.329 e. The van der Waals surface area contributed by atoms with E-state index in [2.05, 4.69) is 31.0 Å². The molecule has 1 aliphatic rings. The predicted octanol–water partition coefficient (Wildman–Crippen LogP) is 2.22. The molecule has 0 radical (unpaired) electrons. The molecule has 1 rings (SSSR count). The van der Waals surface area contributed by atoms with Gasteiger partial charge in [0, 0.05) is 25.2 Å². The zero-order valence-corrected chi connectivity index (χ0v) is 12.7. The van der Waals surface area contributed by atoms with Gasteiger partial charge in [0.2, 0.25) is 0 Å². The molecule has 3 N–H and O–H groups in total. The number of hydrogen-bond acceptors (Lipinski definition) is 3. The molecule has 1 aliphatic carbocycles. The first-order valence-electron chi connectivity index (χ1n) is 7.87. The molecule has 3 heteroatoms. The van der Waals surface area contributed by atoms with E-state index in [1.165, 1.54) is 32.1 Å². The van der Waals surface area contributed by atoms with Crippen LogP contribution < -0.4 is 11.1 Å². The van der Waals surface area contributed by atoms with Crippen molar-refractivity contribution in [1.29, 1.82) is 0 Å². The van der Waals surface area contributed by atoms with Crippen LogP contribution in [0.1, 0.15) is 52.9 Å². The van der Waals surface area contributed by atoms with Crippen LogP contribution in [0.15, 0.2) is 0 Å². The van der Waals surface area contributed by atoms with Crippen molar-refractivity contribution in [3.8, 4) is 0 Å². The summed E-state index contributed by atoms with van der Waals surface area (Å²) in [6.07, 6.45) is 6.58. The van der Waals surface area contributed by atoms with Crippen LogP contribution in [0.25, 0.3) is 0 Å². The Labute approximate surface area is 113 Å². The van der Waals surface area contributed by atoms with Crippen LogP contribution in [0.4, 0.5) is 0 Å². The summed E-state index contributed by atoms with van der Waals surface area (Å²) >= 11 is 0. The lowest BCUT2D eigenvalue weighted by Gasteiger charge is -2.41. The summed E-state index contributed by atoms with van der Waals surface area (Å²) in [5.41, 5.74) is 6.29. The molecule has 0 aliphatic heterocycles.